The Morgan fingerprint density at radius 2 is 2.00 bits per heavy atom. The molecule has 1 fully saturated rings. The summed E-state index contributed by atoms with van der Waals surface area (Å²) < 4.78 is 0. The van der Waals surface area contributed by atoms with Gasteiger partial charge >= 0.3 is 5.97 Å². The van der Waals surface area contributed by atoms with Crippen molar-refractivity contribution < 1.29 is 19.5 Å². The molecule has 2 amide bonds. The number of carbonyl (C=O) groups is 3. The summed E-state index contributed by atoms with van der Waals surface area (Å²) in [6.07, 6.45) is 0.708. The first-order valence-electron chi connectivity index (χ1n) is 7.81. The van der Waals surface area contributed by atoms with E-state index in [1.165, 1.54) is 0 Å². The quantitative estimate of drug-likeness (QED) is 0.836. The number of benzene rings is 1. The van der Waals surface area contributed by atoms with E-state index in [1.54, 1.807) is 24.0 Å². The van der Waals surface area contributed by atoms with E-state index in [0.717, 1.165) is 5.56 Å². The van der Waals surface area contributed by atoms with Crippen molar-refractivity contribution >= 4 is 23.5 Å². The van der Waals surface area contributed by atoms with Crippen LogP contribution >= 0.6 is 0 Å². The van der Waals surface area contributed by atoms with Gasteiger partial charge in [0.25, 0.3) is 0 Å². The molecule has 1 saturated heterocycles. The molecule has 2 N–H and O–H groups in total. The first-order chi connectivity index (χ1) is 10.9. The molecule has 0 bridgehead atoms. The number of hydrogen-bond acceptors (Lipinski definition) is 3. The van der Waals surface area contributed by atoms with Crippen molar-refractivity contribution in [3.8, 4) is 0 Å². The molecule has 2 unspecified atom stereocenters. The second-order valence-electron chi connectivity index (χ2n) is 5.96. The summed E-state index contributed by atoms with van der Waals surface area (Å²) in [6.45, 7) is 4.65. The number of aliphatic carboxylic acids is 1. The van der Waals surface area contributed by atoms with Gasteiger partial charge in [0, 0.05) is 25.2 Å². The Hall–Kier alpha value is -2.37. The standard InChI is InChI=1S/C17H22N2O4/c1-3-19-10-13(9-15(19)20)16(21)18-14-6-4-12(5-7-14)8-11(2)17(22)23/h4-7,11,13H,3,8-10H2,1-2H3,(H,18,21)(H,22,23). The first-order valence-corrected chi connectivity index (χ1v) is 7.81. The molecule has 0 aliphatic carbocycles. The van der Waals surface area contributed by atoms with Crippen molar-refractivity contribution in [1.29, 1.82) is 0 Å². The summed E-state index contributed by atoms with van der Waals surface area (Å²) in [5.41, 5.74) is 1.57. The van der Waals surface area contributed by atoms with E-state index in [-0.39, 0.29) is 24.2 Å². The number of hydrogen-bond donors (Lipinski definition) is 2. The van der Waals surface area contributed by atoms with Crippen LogP contribution in [0.1, 0.15) is 25.8 Å². The minimum Gasteiger partial charge on any atom is -0.481 e. The van der Waals surface area contributed by atoms with E-state index in [4.69, 9.17) is 5.11 Å². The van der Waals surface area contributed by atoms with Crippen molar-refractivity contribution in [1.82, 2.24) is 4.90 Å². The zero-order valence-electron chi connectivity index (χ0n) is 13.4. The van der Waals surface area contributed by atoms with Crippen LogP contribution in [0.4, 0.5) is 5.69 Å². The molecule has 0 spiro atoms. The van der Waals surface area contributed by atoms with Gasteiger partial charge in [0.05, 0.1) is 11.8 Å². The monoisotopic (exact) mass is 318 g/mol. The van der Waals surface area contributed by atoms with E-state index < -0.39 is 11.9 Å². The van der Waals surface area contributed by atoms with Gasteiger partial charge in [-0.25, -0.2) is 0 Å². The summed E-state index contributed by atoms with van der Waals surface area (Å²) in [7, 11) is 0. The van der Waals surface area contributed by atoms with Crippen molar-refractivity contribution in [2.75, 3.05) is 18.4 Å². The number of nitrogens with zero attached hydrogens (tertiary/aromatic N) is 1. The molecule has 1 aromatic rings. The zero-order chi connectivity index (χ0) is 17.0. The van der Waals surface area contributed by atoms with E-state index in [9.17, 15) is 14.4 Å². The van der Waals surface area contributed by atoms with E-state index in [2.05, 4.69) is 5.32 Å². The van der Waals surface area contributed by atoms with Crippen molar-refractivity contribution in [2.45, 2.75) is 26.7 Å². The van der Waals surface area contributed by atoms with Gasteiger partial charge in [-0.05, 0) is 31.0 Å². The van der Waals surface area contributed by atoms with Gasteiger partial charge in [0.2, 0.25) is 11.8 Å². The molecule has 1 heterocycles. The maximum absolute atomic E-state index is 12.2. The fourth-order valence-electron chi connectivity index (χ4n) is 2.66. The van der Waals surface area contributed by atoms with E-state index in [1.807, 2.05) is 19.1 Å². The summed E-state index contributed by atoms with van der Waals surface area (Å²) in [5.74, 6) is -1.71. The molecule has 124 valence electrons. The highest BCUT2D eigenvalue weighted by Gasteiger charge is 2.33. The van der Waals surface area contributed by atoms with Gasteiger partial charge in [-0.2, -0.15) is 0 Å². The lowest BCUT2D eigenvalue weighted by Gasteiger charge is -2.14. The summed E-state index contributed by atoms with van der Waals surface area (Å²) in [4.78, 5) is 36.4. The average molecular weight is 318 g/mol. The third kappa shape index (κ3) is 4.31. The zero-order valence-corrected chi connectivity index (χ0v) is 13.4. The SMILES string of the molecule is CCN1CC(C(=O)Nc2ccc(CC(C)C(=O)O)cc2)CC1=O. The molecule has 0 saturated carbocycles. The third-order valence-corrected chi connectivity index (χ3v) is 4.15. The number of amides is 2. The van der Waals surface area contributed by atoms with Crippen molar-refractivity contribution in [2.24, 2.45) is 11.8 Å². The van der Waals surface area contributed by atoms with Crippen LogP contribution in [0, 0.1) is 11.8 Å². The Morgan fingerprint density at radius 3 is 2.52 bits per heavy atom. The maximum Gasteiger partial charge on any atom is 0.306 e. The number of nitrogens with one attached hydrogen (secondary N) is 1. The Kier molecular flexibility index (Phi) is 5.36. The van der Waals surface area contributed by atoms with Gasteiger partial charge < -0.3 is 15.3 Å². The number of likely N-dealkylation sites (tertiary alicyclic amines) is 1. The van der Waals surface area contributed by atoms with Gasteiger partial charge in [-0.3, -0.25) is 14.4 Å². The molecule has 1 aliphatic heterocycles. The molecule has 6 heteroatoms. The second-order valence-corrected chi connectivity index (χ2v) is 5.96. The molecule has 0 aromatic heterocycles. The largest absolute Gasteiger partial charge is 0.481 e. The van der Waals surface area contributed by atoms with Crippen LogP contribution in [0.3, 0.4) is 0 Å². The number of carboxylic acid groups (broad SMARTS) is 1. The molecule has 1 aromatic carbocycles. The van der Waals surface area contributed by atoms with Gasteiger partial charge in [0.1, 0.15) is 0 Å². The highest BCUT2D eigenvalue weighted by atomic mass is 16.4. The van der Waals surface area contributed by atoms with Gasteiger partial charge in [-0.1, -0.05) is 19.1 Å². The van der Waals surface area contributed by atoms with Crippen LogP contribution in [0.25, 0.3) is 0 Å². The van der Waals surface area contributed by atoms with Crippen LogP contribution < -0.4 is 5.32 Å². The van der Waals surface area contributed by atoms with E-state index in [0.29, 0.717) is 25.2 Å². The van der Waals surface area contributed by atoms with Crippen molar-refractivity contribution in [3.63, 3.8) is 0 Å². The summed E-state index contributed by atoms with van der Waals surface area (Å²) in [6, 6.07) is 7.15. The Bertz CT molecular complexity index is 597. The smallest absolute Gasteiger partial charge is 0.306 e. The first kappa shape index (κ1) is 17.0. The van der Waals surface area contributed by atoms with Crippen molar-refractivity contribution in [3.05, 3.63) is 29.8 Å². The Labute approximate surface area is 135 Å². The minimum atomic E-state index is -0.825. The minimum absolute atomic E-state index is 0.0191. The highest BCUT2D eigenvalue weighted by Crippen LogP contribution is 2.20. The van der Waals surface area contributed by atoms with Gasteiger partial charge in [-0.15, -0.1) is 0 Å². The lowest BCUT2D eigenvalue weighted by Crippen LogP contribution is -2.28. The van der Waals surface area contributed by atoms with Crippen LogP contribution in [0.5, 0.6) is 0 Å². The third-order valence-electron chi connectivity index (χ3n) is 4.15. The predicted octanol–water partition coefficient (Wildman–Crippen LogP) is 1.76. The molecule has 2 atom stereocenters. The van der Waals surface area contributed by atoms with Crippen LogP contribution in [-0.2, 0) is 20.8 Å². The van der Waals surface area contributed by atoms with Crippen LogP contribution in [0.15, 0.2) is 24.3 Å². The van der Waals surface area contributed by atoms with E-state index >= 15 is 0 Å². The Balaban J connectivity index is 1.92. The second kappa shape index (κ2) is 7.26. The fourth-order valence-corrected chi connectivity index (χ4v) is 2.66. The number of carbonyl (C=O) groups excluding carboxylic acids is 2. The molecule has 1 aliphatic rings. The maximum atomic E-state index is 12.2. The molecular formula is C17H22N2O4. The number of rotatable bonds is 6. The lowest BCUT2D eigenvalue weighted by molar-refractivity contribution is -0.141. The molecule has 23 heavy (non-hydrogen) atoms. The molecule has 2 rings (SSSR count). The van der Waals surface area contributed by atoms with Crippen LogP contribution in [0.2, 0.25) is 0 Å². The Morgan fingerprint density at radius 1 is 1.35 bits per heavy atom. The summed E-state index contributed by atoms with van der Waals surface area (Å²) in [5, 5.41) is 11.7. The number of anilines is 1. The highest BCUT2D eigenvalue weighted by molar-refractivity contribution is 5.97. The summed E-state index contributed by atoms with van der Waals surface area (Å²) >= 11 is 0. The molecular weight excluding hydrogens is 296 g/mol. The fraction of sp³-hybridized carbons (Fsp3) is 0.471. The average Bonchev–Trinajstić information content (AvgIpc) is 2.90. The lowest BCUT2D eigenvalue weighted by atomic mass is 10.0. The topological polar surface area (TPSA) is 86.7 Å². The normalized spacial score (nSPS) is 18.8. The number of carboxylic acids is 1. The van der Waals surface area contributed by atoms with Crippen LogP contribution in [-0.4, -0.2) is 40.9 Å². The molecule has 0 radical (unpaired) electrons. The molecule has 6 nitrogen and oxygen atoms in total. The van der Waals surface area contributed by atoms with Gasteiger partial charge in [0.15, 0.2) is 0 Å². The predicted molar refractivity (Wildman–Crippen MR) is 85.9 cm³/mol.